The summed E-state index contributed by atoms with van der Waals surface area (Å²) in [7, 11) is 0. The molecule has 2 unspecified atom stereocenters. The highest BCUT2D eigenvalue weighted by Crippen LogP contribution is 2.47. The second-order valence-electron chi connectivity index (χ2n) is 8.26. The molecule has 0 spiro atoms. The second kappa shape index (κ2) is 10.9. The van der Waals surface area contributed by atoms with Crippen molar-refractivity contribution in [3.8, 4) is 5.75 Å². The summed E-state index contributed by atoms with van der Waals surface area (Å²) in [6, 6.07) is 2.65. The van der Waals surface area contributed by atoms with Crippen LogP contribution in [0.2, 0.25) is 0 Å². The van der Waals surface area contributed by atoms with Crippen LogP contribution in [0.25, 0.3) is 0 Å². The van der Waals surface area contributed by atoms with E-state index in [0.29, 0.717) is 37.2 Å². The molecule has 2 atom stereocenters. The number of nitro groups is 1. The molecule has 0 aromatic heterocycles. The number of carbonyl (C=O) groups is 1. The number of amides is 1. The number of hydrogen-bond donors (Lipinski definition) is 2. The first kappa shape index (κ1) is 25.1. The van der Waals surface area contributed by atoms with Crippen LogP contribution in [0.5, 0.6) is 5.75 Å². The molecule has 1 aliphatic rings. The van der Waals surface area contributed by atoms with E-state index in [2.05, 4.69) is 12.2 Å². The number of benzene rings is 1. The Hall–Kier alpha value is -2.19. The fourth-order valence-corrected chi connectivity index (χ4v) is 4.25. The maximum Gasteiger partial charge on any atom is 0.296 e. The second-order valence-corrected chi connectivity index (χ2v) is 8.26. The van der Waals surface area contributed by atoms with Gasteiger partial charge in [0.25, 0.3) is 5.69 Å². The normalized spacial score (nSPS) is 19.4. The van der Waals surface area contributed by atoms with Crippen LogP contribution in [0.1, 0.15) is 84.7 Å². The van der Waals surface area contributed by atoms with Crippen molar-refractivity contribution in [3.05, 3.63) is 27.8 Å². The monoisotopic (exact) mass is 435 g/mol. The number of rotatable bonds is 11. The minimum Gasteiger partial charge on any atom is -0.484 e. The molecule has 8 nitrogen and oxygen atoms in total. The first-order chi connectivity index (χ1) is 14.8. The van der Waals surface area contributed by atoms with Gasteiger partial charge in [-0.05, 0) is 38.3 Å². The van der Waals surface area contributed by atoms with Gasteiger partial charge in [0, 0.05) is 19.0 Å². The van der Waals surface area contributed by atoms with Gasteiger partial charge in [-0.2, -0.15) is 0 Å². The molecule has 1 aromatic rings. The minimum atomic E-state index is -0.825. The van der Waals surface area contributed by atoms with Crippen LogP contribution in [0.15, 0.2) is 12.1 Å². The number of aliphatic hydroxyl groups is 1. The van der Waals surface area contributed by atoms with Gasteiger partial charge in [-0.1, -0.05) is 40.5 Å². The molecule has 0 aliphatic carbocycles. The zero-order valence-corrected chi connectivity index (χ0v) is 19.4. The summed E-state index contributed by atoms with van der Waals surface area (Å²) < 4.78 is 6.24. The summed E-state index contributed by atoms with van der Waals surface area (Å²) in [5, 5.41) is 26.6. The van der Waals surface area contributed by atoms with E-state index in [1.165, 1.54) is 17.9 Å². The van der Waals surface area contributed by atoms with E-state index in [0.717, 1.165) is 25.7 Å². The van der Waals surface area contributed by atoms with E-state index in [4.69, 9.17) is 4.74 Å². The molecule has 0 radical (unpaired) electrons. The van der Waals surface area contributed by atoms with E-state index < -0.39 is 22.7 Å². The fraction of sp³-hybridized carbons (Fsp3) is 0.696. The Kier molecular flexibility index (Phi) is 8.82. The summed E-state index contributed by atoms with van der Waals surface area (Å²) in [4.78, 5) is 25.3. The topological polar surface area (TPSA) is 105 Å². The number of carbonyl (C=O) groups excluding carboxylic acids is 1. The maximum absolute atomic E-state index is 12.4. The molecule has 0 saturated carbocycles. The standard InChI is InChI=1S/C23H37N3O5/c1-6-10-12-24-21-17-14-18(25(16(5)27)13-11-7-2)19(26(29)30)15-20(17)31-23(8-3,9-4)22(21)28/h14-15,21-22,24,28H,6-13H2,1-5H3. The molecule has 1 aromatic carbocycles. The van der Waals surface area contributed by atoms with Gasteiger partial charge >= 0.3 is 0 Å². The van der Waals surface area contributed by atoms with Crippen molar-refractivity contribution in [2.24, 2.45) is 0 Å². The lowest BCUT2D eigenvalue weighted by Gasteiger charge is -2.46. The number of nitrogens with one attached hydrogen (secondary N) is 1. The van der Waals surface area contributed by atoms with Crippen LogP contribution in [0.4, 0.5) is 11.4 Å². The summed E-state index contributed by atoms with van der Waals surface area (Å²) in [6.45, 7) is 10.5. The highest BCUT2D eigenvalue weighted by atomic mass is 16.6. The van der Waals surface area contributed by atoms with E-state index in [-0.39, 0.29) is 17.3 Å². The van der Waals surface area contributed by atoms with Crippen molar-refractivity contribution in [3.63, 3.8) is 0 Å². The smallest absolute Gasteiger partial charge is 0.296 e. The van der Waals surface area contributed by atoms with Gasteiger partial charge in [0.05, 0.1) is 17.0 Å². The van der Waals surface area contributed by atoms with Crippen molar-refractivity contribution in [1.82, 2.24) is 5.32 Å². The predicted molar refractivity (Wildman–Crippen MR) is 122 cm³/mol. The van der Waals surface area contributed by atoms with Crippen molar-refractivity contribution < 1.29 is 19.6 Å². The van der Waals surface area contributed by atoms with E-state index in [9.17, 15) is 20.0 Å². The Bertz CT molecular complexity index is 779. The van der Waals surface area contributed by atoms with Crippen molar-refractivity contribution in [2.45, 2.75) is 90.9 Å². The Morgan fingerprint density at radius 3 is 2.39 bits per heavy atom. The molecule has 2 rings (SSSR count). The first-order valence-corrected chi connectivity index (χ1v) is 11.5. The average molecular weight is 436 g/mol. The molecular weight excluding hydrogens is 398 g/mol. The van der Waals surface area contributed by atoms with Crippen LogP contribution >= 0.6 is 0 Å². The molecule has 0 bridgehead atoms. The number of nitrogens with zero attached hydrogens (tertiary/aromatic N) is 2. The van der Waals surface area contributed by atoms with Crippen molar-refractivity contribution >= 4 is 17.3 Å². The predicted octanol–water partition coefficient (Wildman–Crippen LogP) is 4.49. The Labute approximate surface area is 185 Å². The van der Waals surface area contributed by atoms with Gasteiger partial charge in [0.1, 0.15) is 23.1 Å². The quantitative estimate of drug-likeness (QED) is 0.301. The van der Waals surface area contributed by atoms with Gasteiger partial charge < -0.3 is 20.1 Å². The van der Waals surface area contributed by atoms with E-state index >= 15 is 0 Å². The third-order valence-corrected chi connectivity index (χ3v) is 6.30. The Balaban J connectivity index is 2.66. The molecule has 0 fully saturated rings. The summed E-state index contributed by atoms with van der Waals surface area (Å²) in [5.41, 5.74) is -0.0722. The molecule has 8 heteroatoms. The molecule has 2 N–H and O–H groups in total. The third kappa shape index (κ3) is 5.18. The highest BCUT2D eigenvalue weighted by molar-refractivity contribution is 5.94. The molecule has 1 amide bonds. The number of ether oxygens (including phenoxy) is 1. The lowest BCUT2D eigenvalue weighted by atomic mass is 9.80. The van der Waals surface area contributed by atoms with Crippen molar-refractivity contribution in [2.75, 3.05) is 18.0 Å². The summed E-state index contributed by atoms with van der Waals surface area (Å²) in [5.74, 6) is 0.151. The minimum absolute atomic E-state index is 0.158. The Morgan fingerprint density at radius 2 is 1.87 bits per heavy atom. The zero-order chi connectivity index (χ0) is 23.2. The summed E-state index contributed by atoms with van der Waals surface area (Å²) in [6.07, 6.45) is 3.87. The fourth-order valence-electron chi connectivity index (χ4n) is 4.25. The number of anilines is 1. The van der Waals surface area contributed by atoms with Gasteiger partial charge in [-0.3, -0.25) is 14.9 Å². The molecule has 0 saturated heterocycles. The third-order valence-electron chi connectivity index (χ3n) is 6.30. The summed E-state index contributed by atoms with van der Waals surface area (Å²) >= 11 is 0. The van der Waals surface area contributed by atoms with Crippen molar-refractivity contribution in [1.29, 1.82) is 0 Å². The van der Waals surface area contributed by atoms with Crippen LogP contribution in [-0.4, -0.2) is 40.7 Å². The molecule has 174 valence electrons. The molecule has 31 heavy (non-hydrogen) atoms. The molecule has 1 heterocycles. The van der Waals surface area contributed by atoms with Crippen LogP contribution in [0.3, 0.4) is 0 Å². The van der Waals surface area contributed by atoms with E-state index in [1.54, 1.807) is 6.07 Å². The van der Waals surface area contributed by atoms with E-state index in [1.807, 2.05) is 20.8 Å². The van der Waals surface area contributed by atoms with Gasteiger partial charge in [-0.15, -0.1) is 0 Å². The molecular formula is C23H37N3O5. The molecule has 1 aliphatic heterocycles. The Morgan fingerprint density at radius 1 is 1.23 bits per heavy atom. The number of hydrogen-bond acceptors (Lipinski definition) is 6. The highest BCUT2D eigenvalue weighted by Gasteiger charge is 2.48. The average Bonchev–Trinajstić information content (AvgIpc) is 2.74. The van der Waals surface area contributed by atoms with Crippen LogP contribution in [0, 0.1) is 10.1 Å². The first-order valence-electron chi connectivity index (χ1n) is 11.5. The number of unbranched alkanes of at least 4 members (excludes halogenated alkanes) is 2. The SMILES string of the molecule is CCCCNC1c2cc(N(CCCC)C(C)=O)c([N+](=O)[O-])cc2OC(CC)(CC)C1O. The van der Waals surface area contributed by atoms with Gasteiger partial charge in [-0.25, -0.2) is 0 Å². The lowest BCUT2D eigenvalue weighted by molar-refractivity contribution is -0.384. The number of fused-ring (bicyclic) bond motifs is 1. The maximum atomic E-state index is 12.4. The van der Waals surface area contributed by atoms with Crippen LogP contribution in [-0.2, 0) is 4.79 Å². The van der Waals surface area contributed by atoms with Gasteiger partial charge in [0.15, 0.2) is 0 Å². The van der Waals surface area contributed by atoms with Crippen LogP contribution < -0.4 is 15.0 Å². The lowest BCUT2D eigenvalue weighted by Crippen LogP contribution is -2.55. The zero-order valence-electron chi connectivity index (χ0n) is 19.4. The number of aliphatic hydroxyl groups excluding tert-OH is 1. The van der Waals surface area contributed by atoms with Gasteiger partial charge in [0.2, 0.25) is 5.91 Å². The largest absolute Gasteiger partial charge is 0.484 e. The number of nitro benzene ring substituents is 1.